The zero-order valence-electron chi connectivity index (χ0n) is 24.7. The van der Waals surface area contributed by atoms with Gasteiger partial charge in [0.25, 0.3) is 11.8 Å². The van der Waals surface area contributed by atoms with E-state index in [1.165, 1.54) is 11.8 Å². The smallest absolute Gasteiger partial charge is 0.272 e. The van der Waals surface area contributed by atoms with Crippen molar-refractivity contribution in [3.63, 3.8) is 0 Å². The van der Waals surface area contributed by atoms with Crippen LogP contribution < -0.4 is 15.5 Å². The molecule has 8 heteroatoms. The van der Waals surface area contributed by atoms with E-state index in [0.29, 0.717) is 11.3 Å². The summed E-state index contributed by atoms with van der Waals surface area (Å²) in [6.07, 6.45) is 3.46. The molecule has 5 aromatic carbocycles. The van der Waals surface area contributed by atoms with Gasteiger partial charge >= 0.3 is 0 Å². The standard InChI is InChI=1S/C38H30N4O3S/c43-36(42(30-14-6-2-7-15-30)31-16-8-3-9-17-31)26-46-32-22-20-29(21-23-32)40-38(45)35(41-37(44)27-12-4-1-5-13-27)24-28-25-39-34-19-11-10-18-33(28)34/h1-25,39H,26H2,(H,40,45)(H,41,44). The molecule has 0 aliphatic heterocycles. The van der Waals surface area contributed by atoms with E-state index in [9.17, 15) is 14.4 Å². The van der Waals surface area contributed by atoms with Crippen molar-refractivity contribution in [3.05, 3.63) is 163 Å². The predicted octanol–water partition coefficient (Wildman–Crippen LogP) is 8.03. The van der Waals surface area contributed by atoms with Gasteiger partial charge in [-0.2, -0.15) is 0 Å². The first-order valence-electron chi connectivity index (χ1n) is 14.7. The minimum absolute atomic E-state index is 0.0546. The van der Waals surface area contributed by atoms with Crippen LogP contribution in [-0.4, -0.2) is 28.5 Å². The van der Waals surface area contributed by atoms with Crippen molar-refractivity contribution >= 4 is 63.5 Å². The highest BCUT2D eigenvalue weighted by Crippen LogP contribution is 2.28. The maximum Gasteiger partial charge on any atom is 0.272 e. The lowest BCUT2D eigenvalue weighted by Crippen LogP contribution is -2.30. The normalized spacial score (nSPS) is 11.2. The van der Waals surface area contributed by atoms with Gasteiger partial charge in [-0.3, -0.25) is 19.3 Å². The number of thioether (sulfide) groups is 1. The molecule has 0 saturated carbocycles. The van der Waals surface area contributed by atoms with Crippen LogP contribution in [0.1, 0.15) is 15.9 Å². The summed E-state index contributed by atoms with van der Waals surface area (Å²) in [6, 6.07) is 42.9. The van der Waals surface area contributed by atoms with Crippen molar-refractivity contribution in [1.29, 1.82) is 0 Å². The van der Waals surface area contributed by atoms with Crippen molar-refractivity contribution in [1.82, 2.24) is 10.3 Å². The number of aromatic amines is 1. The summed E-state index contributed by atoms with van der Waals surface area (Å²) >= 11 is 1.41. The highest BCUT2D eigenvalue weighted by Gasteiger charge is 2.19. The van der Waals surface area contributed by atoms with Gasteiger partial charge in [0, 0.05) is 50.2 Å². The molecule has 3 amide bonds. The summed E-state index contributed by atoms with van der Waals surface area (Å²) in [5.74, 6) is -0.691. The Morgan fingerprint density at radius 1 is 0.696 bits per heavy atom. The predicted molar refractivity (Wildman–Crippen MR) is 186 cm³/mol. The zero-order valence-corrected chi connectivity index (χ0v) is 25.5. The van der Waals surface area contributed by atoms with Gasteiger partial charge < -0.3 is 15.6 Å². The second-order valence-electron chi connectivity index (χ2n) is 10.3. The number of hydrogen-bond acceptors (Lipinski definition) is 4. The van der Waals surface area contributed by atoms with Gasteiger partial charge in [0.1, 0.15) is 5.70 Å². The molecule has 0 radical (unpaired) electrons. The summed E-state index contributed by atoms with van der Waals surface area (Å²) in [7, 11) is 0. The van der Waals surface area contributed by atoms with Gasteiger partial charge in [0.05, 0.1) is 5.75 Å². The van der Waals surface area contributed by atoms with Crippen LogP contribution in [0.15, 0.2) is 156 Å². The zero-order chi connectivity index (χ0) is 31.7. The Bertz CT molecular complexity index is 1950. The van der Waals surface area contributed by atoms with E-state index >= 15 is 0 Å². The Hall–Kier alpha value is -5.86. The molecule has 3 N–H and O–H groups in total. The molecule has 6 aromatic rings. The van der Waals surface area contributed by atoms with Crippen LogP contribution in [0.5, 0.6) is 0 Å². The summed E-state index contributed by atoms with van der Waals surface area (Å²) in [4.78, 5) is 45.8. The number of amides is 3. The molecule has 6 rings (SSSR count). The molecule has 0 saturated heterocycles. The number of carbonyl (C=O) groups excluding carboxylic acids is 3. The van der Waals surface area contributed by atoms with Crippen LogP contribution in [0.2, 0.25) is 0 Å². The third-order valence-electron chi connectivity index (χ3n) is 7.20. The Morgan fingerprint density at radius 3 is 1.93 bits per heavy atom. The van der Waals surface area contributed by atoms with Gasteiger partial charge in [0.15, 0.2) is 0 Å². The van der Waals surface area contributed by atoms with Crippen LogP contribution in [0.3, 0.4) is 0 Å². The average molecular weight is 623 g/mol. The number of aromatic nitrogens is 1. The molecule has 0 spiro atoms. The molecular weight excluding hydrogens is 593 g/mol. The number of rotatable bonds is 10. The molecule has 0 fully saturated rings. The summed E-state index contributed by atoms with van der Waals surface area (Å²) in [5, 5.41) is 6.61. The quantitative estimate of drug-likeness (QED) is 0.107. The van der Waals surface area contributed by atoms with E-state index in [4.69, 9.17) is 0 Å². The Kier molecular flexibility index (Phi) is 9.37. The number of carbonyl (C=O) groups is 3. The van der Waals surface area contributed by atoms with Gasteiger partial charge in [-0.1, -0.05) is 72.8 Å². The summed E-state index contributed by atoms with van der Waals surface area (Å²) in [6.45, 7) is 0. The largest absolute Gasteiger partial charge is 0.361 e. The first-order valence-corrected chi connectivity index (χ1v) is 15.7. The van der Waals surface area contributed by atoms with Gasteiger partial charge in [-0.15, -0.1) is 11.8 Å². The van der Waals surface area contributed by atoms with Crippen molar-refractivity contribution < 1.29 is 14.4 Å². The lowest BCUT2D eigenvalue weighted by molar-refractivity contribution is -0.115. The monoisotopic (exact) mass is 622 g/mol. The van der Waals surface area contributed by atoms with Crippen molar-refractivity contribution in [2.75, 3.05) is 16.0 Å². The van der Waals surface area contributed by atoms with Crippen molar-refractivity contribution in [2.24, 2.45) is 0 Å². The number of anilines is 3. The number of benzene rings is 5. The first-order chi connectivity index (χ1) is 22.5. The lowest BCUT2D eigenvalue weighted by Gasteiger charge is -2.23. The molecule has 7 nitrogen and oxygen atoms in total. The number of nitrogens with one attached hydrogen (secondary N) is 3. The SMILES string of the molecule is O=C(Nc1ccc(SCC(=O)N(c2ccccc2)c2ccccc2)cc1)C(=Cc1c[nH]c2ccccc12)NC(=O)c1ccccc1. The third kappa shape index (κ3) is 7.26. The molecule has 1 heterocycles. The van der Waals surface area contributed by atoms with Crippen LogP contribution in [0.4, 0.5) is 17.1 Å². The molecule has 0 bridgehead atoms. The third-order valence-corrected chi connectivity index (χ3v) is 8.20. The molecule has 226 valence electrons. The van der Waals surface area contributed by atoms with Crippen LogP contribution >= 0.6 is 11.8 Å². The van der Waals surface area contributed by atoms with E-state index in [-0.39, 0.29) is 17.4 Å². The Labute approximate surface area is 271 Å². The van der Waals surface area contributed by atoms with E-state index in [2.05, 4.69) is 15.6 Å². The Balaban J connectivity index is 1.16. The second-order valence-corrected chi connectivity index (χ2v) is 11.4. The molecule has 1 aromatic heterocycles. The van der Waals surface area contributed by atoms with Crippen LogP contribution in [-0.2, 0) is 9.59 Å². The molecular formula is C38H30N4O3S. The number of fused-ring (bicyclic) bond motifs is 1. The fraction of sp³-hybridized carbons (Fsp3) is 0.0263. The lowest BCUT2D eigenvalue weighted by atomic mass is 10.1. The summed E-state index contributed by atoms with van der Waals surface area (Å²) in [5.41, 5.74) is 4.38. The highest BCUT2D eigenvalue weighted by atomic mass is 32.2. The maximum atomic E-state index is 13.5. The second kappa shape index (κ2) is 14.3. The van der Waals surface area contributed by atoms with E-state index < -0.39 is 11.8 Å². The van der Waals surface area contributed by atoms with Gasteiger partial charge in [-0.05, 0) is 72.8 Å². The first kappa shape index (κ1) is 30.2. The number of nitrogens with zero attached hydrogens (tertiary/aromatic N) is 1. The minimum Gasteiger partial charge on any atom is -0.361 e. The van der Waals surface area contributed by atoms with Gasteiger partial charge in [-0.25, -0.2) is 0 Å². The van der Waals surface area contributed by atoms with E-state index in [0.717, 1.165) is 32.7 Å². The number of H-pyrrole nitrogens is 1. The Morgan fingerprint density at radius 2 is 1.28 bits per heavy atom. The molecule has 0 atom stereocenters. The molecule has 0 unspecified atom stereocenters. The topological polar surface area (TPSA) is 94.3 Å². The minimum atomic E-state index is -0.466. The fourth-order valence-electron chi connectivity index (χ4n) is 4.95. The number of hydrogen-bond donors (Lipinski definition) is 3. The molecule has 0 aliphatic rings. The average Bonchev–Trinajstić information content (AvgIpc) is 3.51. The van der Waals surface area contributed by atoms with Crippen LogP contribution in [0.25, 0.3) is 17.0 Å². The van der Waals surface area contributed by atoms with Crippen molar-refractivity contribution in [2.45, 2.75) is 4.90 Å². The highest BCUT2D eigenvalue weighted by molar-refractivity contribution is 8.00. The number of para-hydroxylation sites is 3. The summed E-state index contributed by atoms with van der Waals surface area (Å²) < 4.78 is 0. The van der Waals surface area contributed by atoms with Crippen molar-refractivity contribution in [3.8, 4) is 0 Å². The molecule has 46 heavy (non-hydrogen) atoms. The van der Waals surface area contributed by atoms with Crippen LogP contribution in [0, 0.1) is 0 Å². The molecule has 0 aliphatic carbocycles. The van der Waals surface area contributed by atoms with Gasteiger partial charge in [0.2, 0.25) is 5.91 Å². The fourth-order valence-corrected chi connectivity index (χ4v) is 5.69. The van der Waals surface area contributed by atoms with E-state index in [1.807, 2.05) is 103 Å². The maximum absolute atomic E-state index is 13.5. The van der Waals surface area contributed by atoms with E-state index in [1.54, 1.807) is 53.6 Å².